The molecule has 0 radical (unpaired) electrons. The predicted molar refractivity (Wildman–Crippen MR) is 113 cm³/mol. The zero-order valence-electron chi connectivity index (χ0n) is 16.0. The second-order valence-electron chi connectivity index (χ2n) is 7.32. The highest BCUT2D eigenvalue weighted by molar-refractivity contribution is 7.13. The van der Waals surface area contributed by atoms with Gasteiger partial charge in [-0.25, -0.2) is 4.98 Å². The summed E-state index contributed by atoms with van der Waals surface area (Å²) in [7, 11) is 0. The number of nitrogens with zero attached hydrogens (tertiary/aromatic N) is 2. The van der Waals surface area contributed by atoms with E-state index in [0.29, 0.717) is 18.9 Å². The van der Waals surface area contributed by atoms with E-state index in [-0.39, 0.29) is 11.9 Å². The minimum Gasteiger partial charge on any atom is -0.490 e. The third-order valence-corrected chi connectivity index (χ3v) is 6.31. The summed E-state index contributed by atoms with van der Waals surface area (Å²) in [4.78, 5) is 19.8. The van der Waals surface area contributed by atoms with E-state index < -0.39 is 0 Å². The van der Waals surface area contributed by atoms with Crippen molar-refractivity contribution in [3.8, 4) is 22.1 Å². The molecule has 1 amide bonds. The molecule has 1 fully saturated rings. The smallest absolute Gasteiger partial charge is 0.273 e. The average Bonchev–Trinajstić information content (AvgIpc) is 3.39. The minimum absolute atomic E-state index is 0.00181. The number of aromatic nitrogens is 1. The number of likely N-dealkylation sites (tertiary alicyclic amines) is 1. The van der Waals surface area contributed by atoms with Gasteiger partial charge in [0.15, 0.2) is 11.5 Å². The number of fused-ring (bicyclic) bond motifs is 1. The highest BCUT2D eigenvalue weighted by atomic mass is 32.1. The molecule has 148 valence electrons. The predicted octanol–water partition coefficient (Wildman–Crippen LogP) is 4.95. The number of thiazole rings is 1. The zero-order valence-corrected chi connectivity index (χ0v) is 16.9. The molecule has 0 spiro atoms. The first-order chi connectivity index (χ1) is 14.3. The third-order valence-electron chi connectivity index (χ3n) is 5.41. The first kappa shape index (κ1) is 18.2. The van der Waals surface area contributed by atoms with Gasteiger partial charge in [0.25, 0.3) is 5.91 Å². The Morgan fingerprint density at radius 1 is 1.03 bits per heavy atom. The van der Waals surface area contributed by atoms with Gasteiger partial charge in [-0.05, 0) is 30.5 Å². The molecule has 0 bridgehead atoms. The van der Waals surface area contributed by atoms with Crippen LogP contribution >= 0.6 is 11.3 Å². The second kappa shape index (κ2) is 7.87. The van der Waals surface area contributed by atoms with Gasteiger partial charge in [-0.3, -0.25) is 4.79 Å². The van der Waals surface area contributed by atoms with Crippen LogP contribution in [-0.4, -0.2) is 35.5 Å². The second-order valence-corrected chi connectivity index (χ2v) is 8.18. The fourth-order valence-corrected chi connectivity index (χ4v) is 4.78. The number of carbonyl (C=O) groups excluding carboxylic acids is 1. The molecule has 29 heavy (non-hydrogen) atoms. The Bertz CT molecular complexity index is 1020. The maximum Gasteiger partial charge on any atom is 0.273 e. The quantitative estimate of drug-likeness (QED) is 0.618. The standard InChI is InChI=1S/C23H22N2O3S/c26-23(18-15-29-22(24-18)16-6-2-1-3-7-16)25-11-4-8-19(25)17-9-10-20-21(14-17)28-13-5-12-27-20/h1-3,6-7,9-10,14-15,19H,4-5,8,11-13H2. The van der Waals surface area contributed by atoms with Crippen LogP contribution in [0.15, 0.2) is 53.9 Å². The maximum absolute atomic E-state index is 13.2. The summed E-state index contributed by atoms with van der Waals surface area (Å²) in [6, 6.07) is 16.1. The molecule has 1 aromatic heterocycles. The van der Waals surface area contributed by atoms with E-state index >= 15 is 0 Å². The largest absolute Gasteiger partial charge is 0.490 e. The Kier molecular flexibility index (Phi) is 4.94. The number of hydrogen-bond acceptors (Lipinski definition) is 5. The molecule has 1 saturated heterocycles. The first-order valence-electron chi connectivity index (χ1n) is 10.0. The van der Waals surface area contributed by atoms with Crippen LogP contribution in [0.1, 0.15) is 41.4 Å². The summed E-state index contributed by atoms with van der Waals surface area (Å²) < 4.78 is 11.6. The van der Waals surface area contributed by atoms with Crippen LogP contribution in [0.25, 0.3) is 10.6 Å². The van der Waals surface area contributed by atoms with Gasteiger partial charge in [0.2, 0.25) is 0 Å². The lowest BCUT2D eigenvalue weighted by molar-refractivity contribution is 0.0730. The molecule has 0 saturated carbocycles. The Morgan fingerprint density at radius 3 is 2.72 bits per heavy atom. The molecule has 6 heteroatoms. The Morgan fingerprint density at radius 2 is 1.86 bits per heavy atom. The molecule has 0 N–H and O–H groups in total. The minimum atomic E-state index is -0.00181. The molecule has 3 heterocycles. The Labute approximate surface area is 173 Å². The number of amides is 1. The number of carbonyl (C=O) groups is 1. The maximum atomic E-state index is 13.2. The number of ether oxygens (including phenoxy) is 2. The topological polar surface area (TPSA) is 51.7 Å². The fourth-order valence-electron chi connectivity index (χ4n) is 3.98. The van der Waals surface area contributed by atoms with Crippen molar-refractivity contribution in [2.75, 3.05) is 19.8 Å². The van der Waals surface area contributed by atoms with Crippen molar-refractivity contribution in [3.63, 3.8) is 0 Å². The van der Waals surface area contributed by atoms with Gasteiger partial charge in [-0.2, -0.15) is 0 Å². The van der Waals surface area contributed by atoms with Crippen molar-refractivity contribution >= 4 is 17.2 Å². The van der Waals surface area contributed by atoms with Gasteiger partial charge >= 0.3 is 0 Å². The van der Waals surface area contributed by atoms with Gasteiger partial charge in [0.1, 0.15) is 10.7 Å². The lowest BCUT2D eigenvalue weighted by Crippen LogP contribution is -2.30. The van der Waals surface area contributed by atoms with Crippen molar-refractivity contribution in [2.24, 2.45) is 0 Å². The van der Waals surface area contributed by atoms with E-state index in [2.05, 4.69) is 11.1 Å². The van der Waals surface area contributed by atoms with Crippen LogP contribution in [0.3, 0.4) is 0 Å². The molecule has 5 rings (SSSR count). The molecular weight excluding hydrogens is 384 g/mol. The highest BCUT2D eigenvalue weighted by Gasteiger charge is 2.32. The van der Waals surface area contributed by atoms with E-state index in [1.807, 2.05) is 52.7 Å². The van der Waals surface area contributed by atoms with Gasteiger partial charge in [-0.1, -0.05) is 36.4 Å². The SMILES string of the molecule is O=C(c1csc(-c2ccccc2)n1)N1CCCC1c1ccc2c(c1)OCCCO2. The number of benzene rings is 2. The normalized spacial score (nSPS) is 18.5. The molecule has 1 atom stereocenters. The van der Waals surface area contributed by atoms with E-state index in [9.17, 15) is 4.79 Å². The summed E-state index contributed by atoms with van der Waals surface area (Å²) in [5, 5.41) is 2.74. The number of rotatable bonds is 3. The molecule has 2 aromatic carbocycles. The van der Waals surface area contributed by atoms with E-state index in [0.717, 1.165) is 53.4 Å². The lowest BCUT2D eigenvalue weighted by Gasteiger charge is -2.25. The summed E-state index contributed by atoms with van der Waals surface area (Å²) >= 11 is 1.51. The monoisotopic (exact) mass is 406 g/mol. The first-order valence-corrected chi connectivity index (χ1v) is 10.9. The summed E-state index contributed by atoms with van der Waals surface area (Å²) in [6.07, 6.45) is 2.81. The van der Waals surface area contributed by atoms with Crippen molar-refractivity contribution in [1.82, 2.24) is 9.88 Å². The van der Waals surface area contributed by atoms with Gasteiger partial charge in [0, 0.05) is 23.9 Å². The summed E-state index contributed by atoms with van der Waals surface area (Å²) in [6.45, 7) is 2.08. The molecule has 2 aliphatic rings. The van der Waals surface area contributed by atoms with Crippen LogP contribution in [0.4, 0.5) is 0 Å². The van der Waals surface area contributed by atoms with Gasteiger partial charge in [0.05, 0.1) is 19.3 Å². The van der Waals surface area contributed by atoms with Gasteiger partial charge < -0.3 is 14.4 Å². The lowest BCUT2D eigenvalue weighted by atomic mass is 10.0. The fraction of sp³-hybridized carbons (Fsp3) is 0.304. The van der Waals surface area contributed by atoms with Crippen molar-refractivity contribution < 1.29 is 14.3 Å². The van der Waals surface area contributed by atoms with E-state index in [1.165, 1.54) is 11.3 Å². The van der Waals surface area contributed by atoms with Crippen molar-refractivity contribution in [3.05, 3.63) is 65.2 Å². The number of hydrogen-bond donors (Lipinski definition) is 0. The molecule has 5 nitrogen and oxygen atoms in total. The third kappa shape index (κ3) is 3.60. The van der Waals surface area contributed by atoms with Crippen LogP contribution in [0.2, 0.25) is 0 Å². The molecule has 3 aromatic rings. The van der Waals surface area contributed by atoms with Crippen molar-refractivity contribution in [1.29, 1.82) is 0 Å². The Balaban J connectivity index is 1.39. The van der Waals surface area contributed by atoms with Crippen molar-refractivity contribution in [2.45, 2.75) is 25.3 Å². The average molecular weight is 407 g/mol. The molecule has 2 aliphatic heterocycles. The molecule has 1 unspecified atom stereocenters. The molecular formula is C23H22N2O3S. The van der Waals surface area contributed by atoms with Crippen LogP contribution in [0, 0.1) is 0 Å². The zero-order chi connectivity index (χ0) is 19.6. The summed E-state index contributed by atoms with van der Waals surface area (Å²) in [5.41, 5.74) is 2.66. The van der Waals surface area contributed by atoms with Crippen LogP contribution in [-0.2, 0) is 0 Å². The highest BCUT2D eigenvalue weighted by Crippen LogP contribution is 2.38. The Hall–Kier alpha value is -2.86. The van der Waals surface area contributed by atoms with Gasteiger partial charge in [-0.15, -0.1) is 11.3 Å². The van der Waals surface area contributed by atoms with E-state index in [1.54, 1.807) is 0 Å². The molecule has 0 aliphatic carbocycles. The van der Waals surface area contributed by atoms with Crippen LogP contribution < -0.4 is 9.47 Å². The van der Waals surface area contributed by atoms with Crippen LogP contribution in [0.5, 0.6) is 11.5 Å². The van der Waals surface area contributed by atoms with E-state index in [4.69, 9.17) is 9.47 Å². The summed E-state index contributed by atoms with van der Waals surface area (Å²) in [5.74, 6) is 1.56.